The van der Waals surface area contributed by atoms with Crippen molar-refractivity contribution in [1.29, 1.82) is 0 Å². The molecular formula is C23H19Cl2N3O3. The Balaban J connectivity index is 1.52. The van der Waals surface area contributed by atoms with Crippen LogP contribution in [0, 0.1) is 0 Å². The Morgan fingerprint density at radius 1 is 1.00 bits per heavy atom. The van der Waals surface area contributed by atoms with Crippen LogP contribution in [-0.2, 0) is 11.4 Å². The summed E-state index contributed by atoms with van der Waals surface area (Å²) in [6.45, 7) is 1.76. The quantitative estimate of drug-likeness (QED) is 0.374. The van der Waals surface area contributed by atoms with Gasteiger partial charge in [0.05, 0.1) is 16.3 Å². The van der Waals surface area contributed by atoms with Gasteiger partial charge in [0.25, 0.3) is 5.91 Å². The van der Waals surface area contributed by atoms with Crippen molar-refractivity contribution in [3.05, 3.63) is 93.5 Å². The van der Waals surface area contributed by atoms with Gasteiger partial charge in [0.2, 0.25) is 5.91 Å². The van der Waals surface area contributed by atoms with Crippen molar-refractivity contribution in [2.24, 2.45) is 5.10 Å². The highest BCUT2D eigenvalue weighted by atomic mass is 35.5. The summed E-state index contributed by atoms with van der Waals surface area (Å²) in [4.78, 5) is 23.3. The van der Waals surface area contributed by atoms with Gasteiger partial charge in [0.15, 0.2) is 0 Å². The number of hydrogen-bond donors (Lipinski definition) is 2. The molecule has 3 rings (SSSR count). The molecule has 0 aliphatic heterocycles. The minimum absolute atomic E-state index is 0.208. The lowest BCUT2D eigenvalue weighted by Gasteiger charge is -2.07. The van der Waals surface area contributed by atoms with Crippen LogP contribution in [0.5, 0.6) is 5.75 Å². The van der Waals surface area contributed by atoms with E-state index in [0.29, 0.717) is 33.7 Å². The maximum absolute atomic E-state index is 12.2. The van der Waals surface area contributed by atoms with E-state index in [1.54, 1.807) is 48.5 Å². The van der Waals surface area contributed by atoms with Crippen molar-refractivity contribution in [3.8, 4) is 5.75 Å². The molecule has 8 heteroatoms. The van der Waals surface area contributed by atoms with E-state index >= 15 is 0 Å². The zero-order valence-corrected chi connectivity index (χ0v) is 18.1. The van der Waals surface area contributed by atoms with Crippen molar-refractivity contribution in [2.45, 2.75) is 13.5 Å². The van der Waals surface area contributed by atoms with Crippen molar-refractivity contribution in [2.75, 3.05) is 5.32 Å². The second kappa shape index (κ2) is 10.6. The lowest BCUT2D eigenvalue weighted by Crippen LogP contribution is -2.18. The summed E-state index contributed by atoms with van der Waals surface area (Å²) in [6, 6.07) is 19.2. The third-order valence-electron chi connectivity index (χ3n) is 4.09. The number of rotatable bonds is 7. The highest BCUT2D eigenvalue weighted by Gasteiger charge is 2.06. The third kappa shape index (κ3) is 6.84. The third-order valence-corrected chi connectivity index (χ3v) is 4.83. The van der Waals surface area contributed by atoms with E-state index in [4.69, 9.17) is 27.9 Å². The molecule has 0 bridgehead atoms. The fraction of sp³-hybridized carbons (Fsp3) is 0.0870. The summed E-state index contributed by atoms with van der Waals surface area (Å²) >= 11 is 11.9. The van der Waals surface area contributed by atoms with Crippen LogP contribution in [0.2, 0.25) is 10.0 Å². The molecule has 0 spiro atoms. The SMILES string of the molecule is CC(=O)Nc1cccc(C(=O)NN=Cc2ccc(OCc3ccc(Cl)c(Cl)c3)cc2)c1. The normalized spacial score (nSPS) is 10.7. The molecule has 158 valence electrons. The number of carbonyl (C=O) groups excluding carboxylic acids is 2. The molecule has 2 amide bonds. The summed E-state index contributed by atoms with van der Waals surface area (Å²) in [5, 5.41) is 7.59. The van der Waals surface area contributed by atoms with E-state index in [0.717, 1.165) is 11.1 Å². The van der Waals surface area contributed by atoms with Gasteiger partial charge in [-0.3, -0.25) is 9.59 Å². The largest absolute Gasteiger partial charge is 0.489 e. The average Bonchev–Trinajstić information content (AvgIpc) is 2.75. The van der Waals surface area contributed by atoms with Crippen LogP contribution in [0.4, 0.5) is 5.69 Å². The van der Waals surface area contributed by atoms with Gasteiger partial charge in [0.1, 0.15) is 12.4 Å². The molecule has 0 atom stereocenters. The number of hydrogen-bond acceptors (Lipinski definition) is 4. The molecule has 0 aromatic heterocycles. The number of halogens is 2. The first-order chi connectivity index (χ1) is 14.9. The molecule has 3 aromatic carbocycles. The Labute approximate surface area is 189 Å². The van der Waals surface area contributed by atoms with Crippen LogP contribution in [0.1, 0.15) is 28.4 Å². The van der Waals surface area contributed by atoms with Crippen LogP contribution in [-0.4, -0.2) is 18.0 Å². The van der Waals surface area contributed by atoms with Crippen LogP contribution in [0.25, 0.3) is 0 Å². The molecule has 3 aromatic rings. The van der Waals surface area contributed by atoms with E-state index in [2.05, 4.69) is 15.8 Å². The average molecular weight is 456 g/mol. The lowest BCUT2D eigenvalue weighted by molar-refractivity contribution is -0.114. The molecule has 0 heterocycles. The van der Waals surface area contributed by atoms with Crippen LogP contribution >= 0.6 is 23.2 Å². The summed E-state index contributed by atoms with van der Waals surface area (Å²) in [5.41, 5.74) is 5.08. The van der Waals surface area contributed by atoms with Crippen LogP contribution < -0.4 is 15.5 Å². The Hall–Kier alpha value is -3.35. The second-order valence-electron chi connectivity index (χ2n) is 6.57. The first-order valence-electron chi connectivity index (χ1n) is 9.28. The predicted molar refractivity (Wildman–Crippen MR) is 123 cm³/mol. The van der Waals surface area contributed by atoms with E-state index in [1.807, 2.05) is 18.2 Å². The van der Waals surface area contributed by atoms with Gasteiger partial charge in [-0.15, -0.1) is 0 Å². The molecule has 0 saturated heterocycles. The summed E-state index contributed by atoms with van der Waals surface area (Å²) in [5.74, 6) is 0.0899. The molecule has 0 fully saturated rings. The highest BCUT2D eigenvalue weighted by molar-refractivity contribution is 6.42. The molecule has 0 aliphatic carbocycles. The monoisotopic (exact) mass is 455 g/mol. The summed E-state index contributed by atoms with van der Waals surface area (Å²) in [6.07, 6.45) is 1.53. The van der Waals surface area contributed by atoms with Crippen molar-refractivity contribution in [3.63, 3.8) is 0 Å². The first-order valence-corrected chi connectivity index (χ1v) is 10.0. The Morgan fingerprint density at radius 2 is 1.77 bits per heavy atom. The number of nitrogens with zero attached hydrogens (tertiary/aromatic N) is 1. The molecule has 6 nitrogen and oxygen atoms in total. The van der Waals surface area contributed by atoms with Gasteiger partial charge in [-0.05, 0) is 65.7 Å². The van der Waals surface area contributed by atoms with Crippen LogP contribution in [0.15, 0.2) is 71.8 Å². The van der Waals surface area contributed by atoms with Gasteiger partial charge in [-0.1, -0.05) is 35.3 Å². The first kappa shape index (κ1) is 22.3. The maximum atomic E-state index is 12.2. The molecule has 31 heavy (non-hydrogen) atoms. The fourth-order valence-electron chi connectivity index (χ4n) is 2.62. The number of hydrazone groups is 1. The molecular weight excluding hydrogens is 437 g/mol. The van der Waals surface area contributed by atoms with E-state index in [-0.39, 0.29) is 11.8 Å². The Bertz CT molecular complexity index is 1120. The number of ether oxygens (including phenoxy) is 1. The van der Waals surface area contributed by atoms with Crippen molar-refractivity contribution < 1.29 is 14.3 Å². The summed E-state index contributed by atoms with van der Waals surface area (Å²) < 4.78 is 5.74. The van der Waals surface area contributed by atoms with Crippen molar-refractivity contribution in [1.82, 2.24) is 5.43 Å². The topological polar surface area (TPSA) is 79.8 Å². The van der Waals surface area contributed by atoms with Gasteiger partial charge in [-0.25, -0.2) is 5.43 Å². The molecule has 0 aliphatic rings. The number of amides is 2. The smallest absolute Gasteiger partial charge is 0.271 e. The Kier molecular flexibility index (Phi) is 7.65. The van der Waals surface area contributed by atoms with Gasteiger partial charge >= 0.3 is 0 Å². The molecule has 2 N–H and O–H groups in total. The molecule has 0 saturated carbocycles. The number of anilines is 1. The maximum Gasteiger partial charge on any atom is 0.271 e. The minimum Gasteiger partial charge on any atom is -0.489 e. The van der Waals surface area contributed by atoms with Crippen molar-refractivity contribution >= 4 is 46.9 Å². The standard InChI is InChI=1S/C23H19Cl2N3O3/c1-15(29)27-19-4-2-3-18(12-19)23(30)28-26-13-16-5-8-20(9-6-16)31-14-17-7-10-21(24)22(25)11-17/h2-13H,14H2,1H3,(H,27,29)(H,28,30). The molecule has 0 radical (unpaired) electrons. The van der Waals surface area contributed by atoms with Gasteiger partial charge < -0.3 is 10.1 Å². The number of carbonyl (C=O) groups is 2. The highest BCUT2D eigenvalue weighted by Crippen LogP contribution is 2.23. The fourth-order valence-corrected chi connectivity index (χ4v) is 2.94. The van der Waals surface area contributed by atoms with Crippen LogP contribution in [0.3, 0.4) is 0 Å². The molecule has 0 unspecified atom stereocenters. The Morgan fingerprint density at radius 3 is 2.48 bits per heavy atom. The van der Waals surface area contributed by atoms with Gasteiger partial charge in [0, 0.05) is 18.2 Å². The minimum atomic E-state index is -0.384. The number of nitrogens with one attached hydrogen (secondary N) is 2. The number of benzene rings is 3. The lowest BCUT2D eigenvalue weighted by atomic mass is 10.2. The summed E-state index contributed by atoms with van der Waals surface area (Å²) in [7, 11) is 0. The zero-order chi connectivity index (χ0) is 22.2. The van der Waals surface area contributed by atoms with E-state index < -0.39 is 0 Å². The predicted octanol–water partition coefficient (Wildman–Crippen LogP) is 5.29. The second-order valence-corrected chi connectivity index (χ2v) is 7.38. The zero-order valence-electron chi connectivity index (χ0n) is 16.6. The van der Waals surface area contributed by atoms with E-state index in [1.165, 1.54) is 13.1 Å². The van der Waals surface area contributed by atoms with Gasteiger partial charge in [-0.2, -0.15) is 5.10 Å². The van der Waals surface area contributed by atoms with E-state index in [9.17, 15) is 9.59 Å².